The Hall–Kier alpha value is -8.34. The lowest BCUT2D eigenvalue weighted by Gasteiger charge is -2.15. The van der Waals surface area contributed by atoms with Gasteiger partial charge in [0.15, 0.2) is 17.5 Å². The summed E-state index contributed by atoms with van der Waals surface area (Å²) in [6.07, 6.45) is 0. The van der Waals surface area contributed by atoms with Crippen LogP contribution in [0.25, 0.3) is 111 Å². The molecule has 59 heavy (non-hydrogen) atoms. The van der Waals surface area contributed by atoms with Crippen LogP contribution in [0.3, 0.4) is 0 Å². The lowest BCUT2D eigenvalue weighted by Crippen LogP contribution is -2.03. The Morgan fingerprint density at radius 2 is 0.949 bits per heavy atom. The van der Waals surface area contributed by atoms with Crippen LogP contribution in [0.2, 0.25) is 0 Å². The molecule has 0 unspecified atom stereocenters. The maximum absolute atomic E-state index is 11.1. The smallest absolute Gasteiger partial charge is 0.164 e. The molecule has 0 spiro atoms. The van der Waals surface area contributed by atoms with Crippen LogP contribution in [0.15, 0.2) is 186 Å². The largest absolute Gasteiger partial charge is 0.455 e. The molecule has 0 aliphatic heterocycles. The van der Waals surface area contributed by atoms with Gasteiger partial charge in [-0.1, -0.05) is 133 Å². The monoisotopic (exact) mass is 754 g/mol. The first-order valence-electron chi connectivity index (χ1n) is 19.5. The summed E-state index contributed by atoms with van der Waals surface area (Å²) < 4.78 is 11.5. The summed E-state index contributed by atoms with van der Waals surface area (Å²) in [7, 11) is 0. The summed E-state index contributed by atoms with van der Waals surface area (Å²) in [5, 5.41) is 17.5. The van der Waals surface area contributed by atoms with Gasteiger partial charge in [0.05, 0.1) is 38.7 Å². The molecule has 4 heterocycles. The molecule has 7 nitrogen and oxygen atoms in total. The van der Waals surface area contributed by atoms with Gasteiger partial charge in [-0.25, -0.2) is 15.0 Å². The summed E-state index contributed by atoms with van der Waals surface area (Å²) in [5.41, 5.74) is 10.4. The van der Waals surface area contributed by atoms with Gasteiger partial charge in [0, 0.05) is 49.3 Å². The first-order chi connectivity index (χ1) is 29.2. The van der Waals surface area contributed by atoms with E-state index in [1.165, 1.54) is 0 Å². The molecule has 0 radical (unpaired) electrons. The highest BCUT2D eigenvalue weighted by molar-refractivity contribution is 6.39. The van der Waals surface area contributed by atoms with Crippen LogP contribution in [0, 0.1) is 11.3 Å². The number of nitriles is 1. The lowest BCUT2D eigenvalue weighted by atomic mass is 10.0. The molecule has 12 aromatic rings. The van der Waals surface area contributed by atoms with Crippen molar-refractivity contribution >= 4 is 65.6 Å². The Labute approximate surface area is 337 Å². The number of para-hydroxylation sites is 4. The summed E-state index contributed by atoms with van der Waals surface area (Å²) >= 11 is 0. The molecule has 0 atom stereocenters. The van der Waals surface area contributed by atoms with Crippen LogP contribution in [-0.2, 0) is 0 Å². The molecule has 8 aromatic carbocycles. The highest BCUT2D eigenvalue weighted by atomic mass is 16.3. The molecule has 0 saturated carbocycles. The third-order valence-corrected chi connectivity index (χ3v) is 11.4. The zero-order valence-electron chi connectivity index (χ0n) is 31.4. The van der Waals surface area contributed by atoms with Crippen molar-refractivity contribution < 1.29 is 4.42 Å². The maximum Gasteiger partial charge on any atom is 0.164 e. The number of hydrogen-bond donors (Lipinski definition) is 0. The third kappa shape index (κ3) is 4.90. The molecule has 0 saturated heterocycles. The maximum atomic E-state index is 11.1. The van der Waals surface area contributed by atoms with Crippen molar-refractivity contribution in [3.8, 4) is 51.6 Å². The van der Waals surface area contributed by atoms with Crippen molar-refractivity contribution in [3.05, 3.63) is 188 Å². The molecule has 0 N–H and O–H groups in total. The number of hydrogen-bond acceptors (Lipinski definition) is 5. The number of benzene rings is 8. The molecule has 7 heteroatoms. The quantitative estimate of drug-likeness (QED) is 0.175. The molecule has 0 fully saturated rings. The van der Waals surface area contributed by atoms with Crippen LogP contribution in [-0.4, -0.2) is 24.1 Å². The molecule has 0 aliphatic carbocycles. The zero-order valence-corrected chi connectivity index (χ0v) is 31.4. The predicted molar refractivity (Wildman–Crippen MR) is 237 cm³/mol. The first kappa shape index (κ1) is 32.9. The van der Waals surface area contributed by atoms with E-state index in [-0.39, 0.29) is 0 Å². The van der Waals surface area contributed by atoms with Gasteiger partial charge in [-0.2, -0.15) is 5.26 Å². The van der Waals surface area contributed by atoms with Crippen LogP contribution < -0.4 is 0 Å². The Bertz CT molecular complexity index is 3610. The molecule has 0 amide bonds. The van der Waals surface area contributed by atoms with Crippen molar-refractivity contribution in [2.45, 2.75) is 0 Å². The Balaban J connectivity index is 1.20. The second-order valence-corrected chi connectivity index (χ2v) is 14.7. The van der Waals surface area contributed by atoms with Crippen molar-refractivity contribution in [2.75, 3.05) is 0 Å². The van der Waals surface area contributed by atoms with E-state index in [1.54, 1.807) is 0 Å². The average molecular weight is 755 g/mol. The average Bonchev–Trinajstić information content (AvgIpc) is 3.97. The van der Waals surface area contributed by atoms with Gasteiger partial charge in [0.25, 0.3) is 0 Å². The lowest BCUT2D eigenvalue weighted by molar-refractivity contribution is 0.673. The highest BCUT2D eigenvalue weighted by Gasteiger charge is 2.28. The number of aromatic nitrogens is 5. The molecule has 0 bridgehead atoms. The minimum absolute atomic E-state index is 0.480. The number of furan rings is 1. The molecule has 4 aromatic heterocycles. The standard InChI is InChI=1S/C52H30N6O/c53-31-35-30-34(52-55-50(32-16-4-1-5-17-32)54-51(56-52)33-18-6-2-7-19-33)28-29-40(35)58-42-26-14-11-23-38(42)46-48(58)47-44(45-39-24-12-15-27-43(39)59-49(45)46)37-22-10-13-25-41(37)57(47)36-20-8-3-9-21-36/h1-30H. The molecular weight excluding hydrogens is 725 g/mol. The Kier molecular flexibility index (Phi) is 7.16. The number of rotatable bonds is 5. The van der Waals surface area contributed by atoms with Gasteiger partial charge < -0.3 is 13.6 Å². The fraction of sp³-hybridized carbons (Fsp3) is 0. The van der Waals surface area contributed by atoms with E-state index in [0.717, 1.165) is 88.1 Å². The fourth-order valence-electron chi connectivity index (χ4n) is 8.87. The van der Waals surface area contributed by atoms with E-state index in [4.69, 9.17) is 19.4 Å². The first-order valence-corrected chi connectivity index (χ1v) is 19.5. The SMILES string of the molecule is N#Cc1cc(-c2nc(-c3ccccc3)nc(-c3ccccc3)n2)ccc1-n1c2ccccc2c2c3oc4ccccc4c3c3c4ccccc4n(-c4ccccc4)c3c21. The van der Waals surface area contributed by atoms with Crippen molar-refractivity contribution in [1.29, 1.82) is 5.26 Å². The van der Waals surface area contributed by atoms with Crippen molar-refractivity contribution in [1.82, 2.24) is 24.1 Å². The summed E-state index contributed by atoms with van der Waals surface area (Å²) in [5.74, 6) is 1.61. The van der Waals surface area contributed by atoms with Crippen LogP contribution in [0.4, 0.5) is 0 Å². The zero-order chi connectivity index (χ0) is 39.0. The number of nitrogens with zero attached hydrogens (tertiary/aromatic N) is 6. The van der Waals surface area contributed by atoms with E-state index in [9.17, 15) is 5.26 Å². The van der Waals surface area contributed by atoms with Gasteiger partial charge >= 0.3 is 0 Å². The highest BCUT2D eigenvalue weighted by Crippen LogP contribution is 2.49. The van der Waals surface area contributed by atoms with Crippen LogP contribution >= 0.6 is 0 Å². The van der Waals surface area contributed by atoms with E-state index >= 15 is 0 Å². The van der Waals surface area contributed by atoms with E-state index < -0.39 is 0 Å². The van der Waals surface area contributed by atoms with Gasteiger partial charge in [-0.3, -0.25) is 0 Å². The summed E-state index contributed by atoms with van der Waals surface area (Å²) in [6, 6.07) is 64.1. The normalized spacial score (nSPS) is 11.7. The predicted octanol–water partition coefficient (Wildman–Crippen LogP) is 12.8. The minimum Gasteiger partial charge on any atom is -0.455 e. The van der Waals surface area contributed by atoms with E-state index in [0.29, 0.717) is 28.6 Å². The van der Waals surface area contributed by atoms with Gasteiger partial charge in [-0.15, -0.1) is 0 Å². The van der Waals surface area contributed by atoms with Crippen LogP contribution in [0.5, 0.6) is 0 Å². The van der Waals surface area contributed by atoms with Crippen molar-refractivity contribution in [3.63, 3.8) is 0 Å². The summed E-state index contributed by atoms with van der Waals surface area (Å²) in [6.45, 7) is 0. The third-order valence-electron chi connectivity index (χ3n) is 11.4. The second kappa shape index (κ2) is 12.8. The Morgan fingerprint density at radius 1 is 0.441 bits per heavy atom. The van der Waals surface area contributed by atoms with Gasteiger partial charge in [0.2, 0.25) is 0 Å². The van der Waals surface area contributed by atoms with Gasteiger partial charge in [-0.05, 0) is 48.5 Å². The van der Waals surface area contributed by atoms with E-state index in [2.05, 4.69) is 100 Å². The molecule has 12 rings (SSSR count). The molecular formula is C52H30N6O. The van der Waals surface area contributed by atoms with Gasteiger partial charge in [0.1, 0.15) is 17.2 Å². The second-order valence-electron chi connectivity index (χ2n) is 14.7. The topological polar surface area (TPSA) is 85.5 Å². The van der Waals surface area contributed by atoms with E-state index in [1.807, 2.05) is 97.1 Å². The minimum atomic E-state index is 0.480. The van der Waals surface area contributed by atoms with Crippen LogP contribution in [0.1, 0.15) is 5.56 Å². The number of fused-ring (bicyclic) bond motifs is 12. The van der Waals surface area contributed by atoms with Crippen molar-refractivity contribution in [2.24, 2.45) is 0 Å². The molecule has 0 aliphatic rings. The Morgan fingerprint density at radius 3 is 1.59 bits per heavy atom. The molecule has 274 valence electrons. The summed E-state index contributed by atoms with van der Waals surface area (Å²) in [4.78, 5) is 14.8. The fourth-order valence-corrected chi connectivity index (χ4v) is 8.87.